The molecule has 184 valence electrons. The van der Waals surface area contributed by atoms with E-state index < -0.39 is 17.8 Å². The number of urea groups is 1. The summed E-state index contributed by atoms with van der Waals surface area (Å²) in [5.41, 5.74) is 2.32. The molecule has 0 spiro atoms. The van der Waals surface area contributed by atoms with Crippen molar-refractivity contribution in [1.29, 1.82) is 0 Å². The Morgan fingerprint density at radius 1 is 1.03 bits per heavy atom. The van der Waals surface area contributed by atoms with Gasteiger partial charge in [0.25, 0.3) is 11.8 Å². The number of barbiturate groups is 1. The van der Waals surface area contributed by atoms with E-state index in [0.717, 1.165) is 14.0 Å². The maximum Gasteiger partial charge on any atom is 0.335 e. The molecule has 0 saturated carbocycles. The minimum absolute atomic E-state index is 0.190. The fourth-order valence-electron chi connectivity index (χ4n) is 3.67. The molecule has 3 aromatic carbocycles. The summed E-state index contributed by atoms with van der Waals surface area (Å²) in [6, 6.07) is 17.3. The summed E-state index contributed by atoms with van der Waals surface area (Å²) in [6.45, 7) is 4.35. The number of hydrogen-bond donors (Lipinski definition) is 1. The van der Waals surface area contributed by atoms with Crippen LogP contribution in [0.25, 0.3) is 6.08 Å². The summed E-state index contributed by atoms with van der Waals surface area (Å²) >= 11 is 8.22. The van der Waals surface area contributed by atoms with Crippen molar-refractivity contribution >= 4 is 63.8 Å². The topological polar surface area (TPSA) is 84.9 Å². The monoisotopic (exact) mass is 616 g/mol. The molecular weight excluding hydrogens is 595 g/mol. The van der Waals surface area contributed by atoms with E-state index in [-0.39, 0.29) is 5.57 Å². The molecule has 1 fully saturated rings. The van der Waals surface area contributed by atoms with Gasteiger partial charge in [0, 0.05) is 5.02 Å². The van der Waals surface area contributed by atoms with Crippen LogP contribution in [0.3, 0.4) is 0 Å². The van der Waals surface area contributed by atoms with Crippen LogP contribution in [0.1, 0.15) is 23.6 Å². The molecule has 3 aromatic rings. The van der Waals surface area contributed by atoms with Crippen LogP contribution in [-0.2, 0) is 16.2 Å². The number of amides is 4. The van der Waals surface area contributed by atoms with Crippen LogP contribution >= 0.6 is 34.2 Å². The van der Waals surface area contributed by atoms with Gasteiger partial charge in [-0.05, 0) is 83.5 Å². The van der Waals surface area contributed by atoms with Gasteiger partial charge in [-0.2, -0.15) is 0 Å². The fourth-order valence-corrected chi connectivity index (χ4v) is 4.62. The highest BCUT2D eigenvalue weighted by Crippen LogP contribution is 2.36. The number of ether oxygens (including phenoxy) is 2. The highest BCUT2D eigenvalue weighted by Gasteiger charge is 2.37. The van der Waals surface area contributed by atoms with E-state index in [4.69, 9.17) is 21.1 Å². The molecule has 36 heavy (non-hydrogen) atoms. The third-order valence-corrected chi connectivity index (χ3v) is 6.42. The predicted molar refractivity (Wildman–Crippen MR) is 146 cm³/mol. The van der Waals surface area contributed by atoms with Gasteiger partial charge in [0.2, 0.25) is 0 Å². The zero-order valence-electron chi connectivity index (χ0n) is 19.5. The Morgan fingerprint density at radius 3 is 2.50 bits per heavy atom. The first-order chi connectivity index (χ1) is 17.3. The molecule has 0 aliphatic carbocycles. The first kappa shape index (κ1) is 25.7. The van der Waals surface area contributed by atoms with Gasteiger partial charge in [-0.1, -0.05) is 48.0 Å². The first-order valence-electron chi connectivity index (χ1n) is 11.1. The van der Waals surface area contributed by atoms with Gasteiger partial charge in [0.05, 0.1) is 15.9 Å². The maximum absolute atomic E-state index is 13.3. The van der Waals surface area contributed by atoms with Crippen molar-refractivity contribution in [2.45, 2.75) is 20.5 Å². The van der Waals surface area contributed by atoms with E-state index >= 15 is 0 Å². The molecular formula is C27H22ClIN2O5. The van der Waals surface area contributed by atoms with Gasteiger partial charge in [0.1, 0.15) is 12.2 Å². The molecule has 4 rings (SSSR count). The number of carbonyl (C=O) groups excluding carboxylic acids is 3. The van der Waals surface area contributed by atoms with E-state index in [2.05, 4.69) is 27.9 Å². The summed E-state index contributed by atoms with van der Waals surface area (Å²) in [6.07, 6.45) is 1.43. The zero-order valence-corrected chi connectivity index (χ0v) is 22.4. The van der Waals surface area contributed by atoms with Crippen LogP contribution in [0.15, 0.2) is 66.2 Å². The molecule has 1 heterocycles. The van der Waals surface area contributed by atoms with Crippen LogP contribution in [0.2, 0.25) is 5.02 Å². The second kappa shape index (κ2) is 11.1. The third-order valence-electron chi connectivity index (χ3n) is 5.38. The van der Waals surface area contributed by atoms with E-state index in [1.54, 1.807) is 31.2 Å². The van der Waals surface area contributed by atoms with Crippen LogP contribution < -0.4 is 19.7 Å². The largest absolute Gasteiger partial charge is 0.490 e. The molecule has 1 aliphatic heterocycles. The molecule has 1 N–H and O–H groups in total. The van der Waals surface area contributed by atoms with E-state index in [1.165, 1.54) is 12.1 Å². The van der Waals surface area contributed by atoms with Gasteiger partial charge in [0.15, 0.2) is 11.5 Å². The summed E-state index contributed by atoms with van der Waals surface area (Å²) in [7, 11) is 0. The maximum atomic E-state index is 13.3. The standard InChI is InChI=1S/C27H22ClIN2O5/c1-3-35-23-13-18(12-21(29)24(23)36-15-17-7-5-4-6-8-17)11-20-25(32)30-27(34)31(26(20)33)22-14-19(28)10-9-16(22)2/h4-14H,3,15H2,1-2H3,(H,30,32,34)/b20-11+. The summed E-state index contributed by atoms with van der Waals surface area (Å²) in [5.74, 6) is -0.478. The predicted octanol–water partition coefficient (Wildman–Crippen LogP) is 5.90. The minimum Gasteiger partial charge on any atom is -0.490 e. The van der Waals surface area contributed by atoms with Crippen LogP contribution in [0, 0.1) is 10.5 Å². The highest BCUT2D eigenvalue weighted by atomic mass is 127. The molecule has 0 atom stereocenters. The number of hydrogen-bond acceptors (Lipinski definition) is 5. The minimum atomic E-state index is -0.832. The average Bonchev–Trinajstić information content (AvgIpc) is 2.84. The number of anilines is 1. The Hall–Kier alpha value is -3.37. The van der Waals surface area contributed by atoms with Crippen molar-refractivity contribution in [3.8, 4) is 11.5 Å². The number of halogens is 2. The zero-order chi connectivity index (χ0) is 25.8. The Morgan fingerprint density at radius 2 is 1.78 bits per heavy atom. The normalized spacial score (nSPS) is 14.7. The second-order valence-corrected chi connectivity index (χ2v) is 9.52. The number of nitrogens with zero attached hydrogens (tertiary/aromatic N) is 1. The first-order valence-corrected chi connectivity index (χ1v) is 12.5. The van der Waals surface area contributed by atoms with Gasteiger partial charge in [-0.25, -0.2) is 9.69 Å². The Kier molecular flexibility index (Phi) is 7.95. The van der Waals surface area contributed by atoms with Gasteiger partial charge in [-0.3, -0.25) is 14.9 Å². The smallest absolute Gasteiger partial charge is 0.335 e. The van der Waals surface area contributed by atoms with Crippen LogP contribution in [0.5, 0.6) is 11.5 Å². The van der Waals surface area contributed by atoms with Gasteiger partial charge >= 0.3 is 6.03 Å². The second-order valence-electron chi connectivity index (χ2n) is 7.93. The van der Waals surface area contributed by atoms with Crippen molar-refractivity contribution in [2.75, 3.05) is 11.5 Å². The molecule has 0 bridgehead atoms. The lowest BCUT2D eigenvalue weighted by atomic mass is 10.1. The van der Waals surface area contributed by atoms with E-state index in [1.807, 2.05) is 37.3 Å². The van der Waals surface area contributed by atoms with E-state index in [9.17, 15) is 14.4 Å². The number of benzene rings is 3. The van der Waals surface area contributed by atoms with Gasteiger partial charge in [-0.15, -0.1) is 0 Å². The Balaban J connectivity index is 1.69. The Bertz CT molecular complexity index is 1370. The van der Waals surface area contributed by atoms with E-state index in [0.29, 0.717) is 46.5 Å². The lowest BCUT2D eigenvalue weighted by Crippen LogP contribution is -2.54. The molecule has 0 radical (unpaired) electrons. The number of aryl methyl sites for hydroxylation is 1. The lowest BCUT2D eigenvalue weighted by molar-refractivity contribution is -0.122. The average molecular weight is 617 g/mol. The van der Waals surface area contributed by atoms with Crippen molar-refractivity contribution < 1.29 is 23.9 Å². The molecule has 1 saturated heterocycles. The molecule has 0 unspecified atom stereocenters. The van der Waals surface area contributed by atoms with Crippen molar-refractivity contribution in [3.63, 3.8) is 0 Å². The summed E-state index contributed by atoms with van der Waals surface area (Å²) in [4.78, 5) is 39.4. The SMILES string of the molecule is CCOc1cc(/C=C2\C(=O)NC(=O)N(c3cc(Cl)ccc3C)C2=O)cc(I)c1OCc1ccccc1. The quantitative estimate of drug-likeness (QED) is 0.203. The number of imide groups is 2. The summed E-state index contributed by atoms with van der Waals surface area (Å²) in [5, 5.41) is 2.60. The molecule has 7 nitrogen and oxygen atoms in total. The van der Waals surface area contributed by atoms with Crippen molar-refractivity contribution in [2.24, 2.45) is 0 Å². The van der Waals surface area contributed by atoms with Crippen molar-refractivity contribution in [1.82, 2.24) is 5.32 Å². The number of rotatable bonds is 7. The van der Waals surface area contributed by atoms with Crippen LogP contribution in [-0.4, -0.2) is 24.5 Å². The molecule has 1 aliphatic rings. The number of carbonyl (C=O) groups is 3. The third kappa shape index (κ3) is 5.55. The van der Waals surface area contributed by atoms with Crippen LogP contribution in [0.4, 0.5) is 10.5 Å². The number of nitrogens with one attached hydrogen (secondary N) is 1. The lowest BCUT2D eigenvalue weighted by Gasteiger charge is -2.27. The highest BCUT2D eigenvalue weighted by molar-refractivity contribution is 14.1. The molecule has 0 aromatic heterocycles. The molecule has 4 amide bonds. The fraction of sp³-hybridized carbons (Fsp3) is 0.148. The van der Waals surface area contributed by atoms with Gasteiger partial charge < -0.3 is 9.47 Å². The van der Waals surface area contributed by atoms with Crippen molar-refractivity contribution in [3.05, 3.63) is 91.5 Å². The molecule has 9 heteroatoms. The Labute approximate surface area is 227 Å². The summed E-state index contributed by atoms with van der Waals surface area (Å²) < 4.78 is 12.6.